The number of carbonyl (C=O) groups excluding carboxylic acids is 1. The minimum Gasteiger partial charge on any atom is -0.356 e. The first-order chi connectivity index (χ1) is 12.0. The molecule has 1 aliphatic heterocycles. The van der Waals surface area contributed by atoms with Gasteiger partial charge in [0.2, 0.25) is 5.91 Å². The molecule has 0 bridgehead atoms. The number of aliphatic imine (C=N–C) groups is 1. The Morgan fingerprint density at radius 2 is 2.19 bits per heavy atom. The van der Waals surface area contributed by atoms with E-state index in [1.807, 2.05) is 11.3 Å². The molecule has 0 spiro atoms. The van der Waals surface area contributed by atoms with E-state index in [1.165, 1.54) is 17.7 Å². The lowest BCUT2D eigenvalue weighted by Crippen LogP contribution is -2.45. The van der Waals surface area contributed by atoms with Crippen molar-refractivity contribution >= 4 is 47.2 Å². The van der Waals surface area contributed by atoms with Gasteiger partial charge in [-0.05, 0) is 43.8 Å². The van der Waals surface area contributed by atoms with Crippen LogP contribution in [0, 0.1) is 5.92 Å². The van der Waals surface area contributed by atoms with Crippen molar-refractivity contribution in [2.45, 2.75) is 25.3 Å². The molecule has 2 unspecified atom stereocenters. The first kappa shape index (κ1) is 23.2. The van der Waals surface area contributed by atoms with Crippen LogP contribution in [0.3, 0.4) is 0 Å². The Labute approximate surface area is 178 Å². The van der Waals surface area contributed by atoms with Gasteiger partial charge in [0.15, 0.2) is 5.96 Å². The Morgan fingerprint density at radius 1 is 1.42 bits per heavy atom. The zero-order chi connectivity index (χ0) is 18.2. The number of amides is 1. The van der Waals surface area contributed by atoms with E-state index in [9.17, 15) is 4.79 Å². The maximum atomic E-state index is 11.6. The number of rotatable bonds is 6. The van der Waals surface area contributed by atoms with Gasteiger partial charge in [0.1, 0.15) is 0 Å². The average molecular weight is 493 g/mol. The largest absolute Gasteiger partial charge is 0.356 e. The van der Waals surface area contributed by atoms with Crippen LogP contribution in [0.1, 0.15) is 30.2 Å². The third-order valence-corrected chi connectivity index (χ3v) is 5.67. The Hall–Kier alpha value is -0.870. The number of hydrogen-bond acceptors (Lipinski definition) is 4. The highest BCUT2D eigenvalue weighted by Crippen LogP contribution is 2.36. The molecule has 2 rings (SSSR count). The Morgan fingerprint density at radius 3 is 2.81 bits per heavy atom. The monoisotopic (exact) mass is 493 g/mol. The van der Waals surface area contributed by atoms with Crippen LogP contribution in [0.25, 0.3) is 0 Å². The van der Waals surface area contributed by atoms with Crippen molar-refractivity contribution in [3.05, 3.63) is 22.4 Å². The molecule has 0 saturated carbocycles. The van der Waals surface area contributed by atoms with Crippen molar-refractivity contribution in [1.82, 2.24) is 20.4 Å². The maximum absolute atomic E-state index is 11.6. The summed E-state index contributed by atoms with van der Waals surface area (Å²) in [7, 11) is 7.54. The molecule has 148 valence electrons. The lowest BCUT2D eigenvalue weighted by Gasteiger charge is -2.39. The Bertz CT molecular complexity index is 564. The smallest absolute Gasteiger partial charge is 0.223 e. The number of thiophene rings is 1. The van der Waals surface area contributed by atoms with Crippen LogP contribution in [0.2, 0.25) is 0 Å². The van der Waals surface area contributed by atoms with E-state index < -0.39 is 0 Å². The third kappa shape index (κ3) is 6.70. The van der Waals surface area contributed by atoms with E-state index in [1.54, 1.807) is 26.0 Å². The summed E-state index contributed by atoms with van der Waals surface area (Å²) < 4.78 is 0. The molecule has 2 N–H and O–H groups in total. The van der Waals surface area contributed by atoms with Crippen molar-refractivity contribution in [2.24, 2.45) is 10.9 Å². The molecular formula is C18H32IN5OS. The predicted octanol–water partition coefficient (Wildman–Crippen LogP) is 2.39. The molecule has 0 aliphatic carbocycles. The molecule has 2 heterocycles. The van der Waals surface area contributed by atoms with Crippen LogP contribution in [-0.4, -0.2) is 69.5 Å². The Balaban J connectivity index is 0.00000338. The summed E-state index contributed by atoms with van der Waals surface area (Å²) in [6.45, 7) is 2.63. The van der Waals surface area contributed by atoms with Gasteiger partial charge in [-0.25, -0.2) is 0 Å². The first-order valence-corrected chi connectivity index (χ1v) is 9.79. The van der Waals surface area contributed by atoms with Crippen molar-refractivity contribution in [3.63, 3.8) is 0 Å². The fraction of sp³-hybridized carbons (Fsp3) is 0.667. The molecule has 1 fully saturated rings. The van der Waals surface area contributed by atoms with Gasteiger partial charge in [-0.1, -0.05) is 6.07 Å². The fourth-order valence-electron chi connectivity index (χ4n) is 3.34. The summed E-state index contributed by atoms with van der Waals surface area (Å²) in [5.74, 6) is 1.44. The number of guanidine groups is 1. The minimum atomic E-state index is 0. The van der Waals surface area contributed by atoms with Gasteiger partial charge in [-0.3, -0.25) is 14.7 Å². The van der Waals surface area contributed by atoms with E-state index in [-0.39, 0.29) is 29.9 Å². The van der Waals surface area contributed by atoms with Crippen LogP contribution < -0.4 is 10.6 Å². The van der Waals surface area contributed by atoms with Crippen LogP contribution in [0.4, 0.5) is 0 Å². The van der Waals surface area contributed by atoms with Crippen molar-refractivity contribution in [2.75, 3.05) is 47.8 Å². The van der Waals surface area contributed by atoms with Crippen LogP contribution in [0.15, 0.2) is 22.5 Å². The number of halogens is 1. The molecular weight excluding hydrogens is 461 g/mol. The standard InChI is InChI=1S/C18H31N5OS.HI/c1-19-18(20-10-9-16(24)22(2)3)21-13-14-7-5-11-23(4)17(14)15-8-6-12-25-15;/h6,8,12,14,17H,5,7,9-11,13H2,1-4H3,(H2,19,20,21);1H. The van der Waals surface area contributed by atoms with Gasteiger partial charge >= 0.3 is 0 Å². The summed E-state index contributed by atoms with van der Waals surface area (Å²) in [5.41, 5.74) is 0. The van der Waals surface area contributed by atoms with Crippen molar-refractivity contribution in [3.8, 4) is 0 Å². The SMILES string of the molecule is CN=C(NCCC(=O)N(C)C)NCC1CCCN(C)C1c1cccs1.I. The zero-order valence-electron chi connectivity index (χ0n) is 16.2. The van der Waals surface area contributed by atoms with Crippen molar-refractivity contribution in [1.29, 1.82) is 0 Å². The maximum Gasteiger partial charge on any atom is 0.223 e. The second-order valence-electron chi connectivity index (χ2n) is 6.76. The van der Waals surface area contributed by atoms with Gasteiger partial charge in [0, 0.05) is 51.6 Å². The average Bonchev–Trinajstić information content (AvgIpc) is 3.11. The number of likely N-dealkylation sites (tertiary alicyclic amines) is 1. The van der Waals surface area contributed by atoms with Gasteiger partial charge in [-0.2, -0.15) is 0 Å². The number of hydrogen-bond donors (Lipinski definition) is 2. The molecule has 1 aromatic rings. The highest BCUT2D eigenvalue weighted by atomic mass is 127. The second-order valence-corrected chi connectivity index (χ2v) is 7.74. The summed E-state index contributed by atoms with van der Waals surface area (Å²) in [6.07, 6.45) is 2.92. The number of nitrogens with one attached hydrogen (secondary N) is 2. The van der Waals surface area contributed by atoms with Gasteiger partial charge in [0.05, 0.1) is 0 Å². The van der Waals surface area contributed by atoms with E-state index >= 15 is 0 Å². The van der Waals surface area contributed by atoms with Crippen LogP contribution >= 0.6 is 35.3 Å². The van der Waals surface area contributed by atoms with Crippen LogP contribution in [-0.2, 0) is 4.79 Å². The van der Waals surface area contributed by atoms with E-state index in [0.29, 0.717) is 24.9 Å². The molecule has 2 atom stereocenters. The molecule has 6 nitrogen and oxygen atoms in total. The molecule has 1 saturated heterocycles. The quantitative estimate of drug-likeness (QED) is 0.363. The number of carbonyl (C=O) groups is 1. The normalized spacial score (nSPS) is 21.0. The topological polar surface area (TPSA) is 60.0 Å². The zero-order valence-corrected chi connectivity index (χ0v) is 19.3. The highest BCUT2D eigenvalue weighted by Gasteiger charge is 2.31. The predicted molar refractivity (Wildman–Crippen MR) is 121 cm³/mol. The molecule has 0 aromatic carbocycles. The minimum absolute atomic E-state index is 0. The first-order valence-electron chi connectivity index (χ1n) is 8.91. The highest BCUT2D eigenvalue weighted by molar-refractivity contribution is 14.0. The number of nitrogens with zero attached hydrogens (tertiary/aromatic N) is 3. The van der Waals surface area contributed by atoms with Gasteiger partial charge in [-0.15, -0.1) is 35.3 Å². The Kier molecular flexibility index (Phi) is 10.5. The summed E-state index contributed by atoms with van der Waals surface area (Å²) in [5, 5.41) is 8.84. The fourth-order valence-corrected chi connectivity index (χ4v) is 4.33. The molecule has 1 aliphatic rings. The van der Waals surface area contributed by atoms with Gasteiger partial charge < -0.3 is 15.5 Å². The van der Waals surface area contributed by atoms with Crippen LogP contribution in [0.5, 0.6) is 0 Å². The molecule has 0 radical (unpaired) electrons. The summed E-state index contributed by atoms with van der Waals surface area (Å²) in [4.78, 5) is 21.4. The molecule has 1 amide bonds. The van der Waals surface area contributed by atoms with E-state index in [4.69, 9.17) is 0 Å². The second kappa shape index (κ2) is 11.8. The molecule has 26 heavy (non-hydrogen) atoms. The summed E-state index contributed by atoms with van der Waals surface area (Å²) in [6, 6.07) is 4.84. The van der Waals surface area contributed by atoms with Crippen molar-refractivity contribution < 1.29 is 4.79 Å². The van der Waals surface area contributed by atoms with Gasteiger partial charge in [0.25, 0.3) is 0 Å². The molecule has 1 aromatic heterocycles. The lowest BCUT2D eigenvalue weighted by molar-refractivity contribution is -0.128. The molecule has 8 heteroatoms. The number of piperidine rings is 1. The lowest BCUT2D eigenvalue weighted by atomic mass is 9.88. The third-order valence-electron chi connectivity index (χ3n) is 4.73. The van der Waals surface area contributed by atoms with E-state index in [0.717, 1.165) is 19.0 Å². The van der Waals surface area contributed by atoms with E-state index in [2.05, 4.69) is 45.1 Å². The summed E-state index contributed by atoms with van der Waals surface area (Å²) >= 11 is 1.84.